The highest BCUT2D eigenvalue weighted by Crippen LogP contribution is 2.16. The molecule has 0 radical (unpaired) electrons. The topological polar surface area (TPSA) is 52.6 Å². The quantitative estimate of drug-likeness (QED) is 0.786. The third kappa shape index (κ3) is 3.85. The lowest BCUT2D eigenvalue weighted by molar-refractivity contribution is -0.130. The summed E-state index contributed by atoms with van der Waals surface area (Å²) >= 11 is 0. The summed E-state index contributed by atoms with van der Waals surface area (Å²) in [4.78, 5) is 27.6. The summed E-state index contributed by atoms with van der Waals surface area (Å²) in [5.41, 5.74) is 0.506. The first kappa shape index (κ1) is 16.5. The van der Waals surface area contributed by atoms with E-state index in [1.165, 1.54) is 10.5 Å². The minimum absolute atomic E-state index is 0.136. The summed E-state index contributed by atoms with van der Waals surface area (Å²) in [6, 6.07) is 10.0. The van der Waals surface area contributed by atoms with Gasteiger partial charge in [-0.25, -0.2) is 4.79 Å². The predicted molar refractivity (Wildman–Crippen MR) is 86.3 cm³/mol. The predicted octanol–water partition coefficient (Wildman–Crippen LogP) is 2.23. The van der Waals surface area contributed by atoms with E-state index in [2.05, 4.69) is 29.3 Å². The number of nitrogens with zero attached hydrogens (tertiary/aromatic N) is 2. The monoisotopic (exact) mass is 303 g/mol. The average Bonchev–Trinajstić information content (AvgIpc) is 2.68. The fourth-order valence-corrected chi connectivity index (χ4v) is 2.66. The fraction of sp³-hybridized carbons (Fsp3) is 0.529. The highest BCUT2D eigenvalue weighted by molar-refractivity contribution is 6.06. The van der Waals surface area contributed by atoms with Crippen molar-refractivity contribution in [2.24, 2.45) is 0 Å². The fourth-order valence-electron chi connectivity index (χ4n) is 2.66. The third-order valence-corrected chi connectivity index (χ3v) is 4.00. The Morgan fingerprint density at radius 1 is 1.18 bits per heavy atom. The lowest BCUT2D eigenvalue weighted by Crippen LogP contribution is -2.40. The molecule has 1 fully saturated rings. The molecule has 5 nitrogen and oxygen atoms in total. The van der Waals surface area contributed by atoms with Crippen molar-refractivity contribution >= 4 is 11.9 Å². The van der Waals surface area contributed by atoms with Crippen LogP contribution >= 0.6 is 0 Å². The molecule has 1 aromatic carbocycles. The van der Waals surface area contributed by atoms with Crippen LogP contribution in [0.4, 0.5) is 4.79 Å². The van der Waals surface area contributed by atoms with Gasteiger partial charge in [0.15, 0.2) is 0 Å². The smallest absolute Gasteiger partial charge is 0.324 e. The van der Waals surface area contributed by atoms with Crippen molar-refractivity contribution in [1.82, 2.24) is 15.1 Å². The Kier molecular flexibility index (Phi) is 5.19. The molecule has 0 aliphatic carbocycles. The van der Waals surface area contributed by atoms with Crippen LogP contribution in [0.3, 0.4) is 0 Å². The van der Waals surface area contributed by atoms with E-state index in [0.717, 1.165) is 26.1 Å². The number of rotatable bonds is 7. The summed E-state index contributed by atoms with van der Waals surface area (Å²) in [7, 11) is 0. The molecule has 0 bridgehead atoms. The lowest BCUT2D eigenvalue weighted by Gasteiger charge is -2.22. The molecule has 1 saturated heterocycles. The standard InChI is InChI=1S/C17H25N3O2/c1-4-19(13-14-9-6-5-7-10-14)11-8-12-20-15(21)17(2,3)18-16(20)22/h5-7,9-10H,4,8,11-13H2,1-3H3,(H,18,22). The van der Waals surface area contributed by atoms with Gasteiger partial charge in [0, 0.05) is 19.6 Å². The number of nitrogens with one attached hydrogen (secondary N) is 1. The van der Waals surface area contributed by atoms with Gasteiger partial charge in [-0.15, -0.1) is 0 Å². The second-order valence-corrected chi connectivity index (χ2v) is 6.22. The molecule has 1 aliphatic rings. The first-order chi connectivity index (χ1) is 10.4. The van der Waals surface area contributed by atoms with Gasteiger partial charge < -0.3 is 5.32 Å². The van der Waals surface area contributed by atoms with Crippen molar-refractivity contribution < 1.29 is 9.59 Å². The van der Waals surface area contributed by atoms with Crippen molar-refractivity contribution in [2.45, 2.75) is 39.3 Å². The maximum Gasteiger partial charge on any atom is 0.325 e. The molecule has 22 heavy (non-hydrogen) atoms. The van der Waals surface area contributed by atoms with Crippen LogP contribution in [-0.2, 0) is 11.3 Å². The maximum atomic E-state index is 12.1. The van der Waals surface area contributed by atoms with Crippen LogP contribution < -0.4 is 5.32 Å². The van der Waals surface area contributed by atoms with Gasteiger partial charge in [-0.1, -0.05) is 37.3 Å². The molecule has 0 saturated carbocycles. The first-order valence-electron chi connectivity index (χ1n) is 7.84. The maximum absolute atomic E-state index is 12.1. The van der Waals surface area contributed by atoms with Crippen LogP contribution in [0.1, 0.15) is 32.8 Å². The molecule has 120 valence electrons. The molecule has 1 N–H and O–H groups in total. The normalized spacial score (nSPS) is 17.2. The summed E-state index contributed by atoms with van der Waals surface area (Å²) in [5, 5.41) is 2.71. The molecule has 5 heteroatoms. The molecule has 0 atom stereocenters. The van der Waals surface area contributed by atoms with Crippen LogP contribution in [0.5, 0.6) is 0 Å². The molecular formula is C17H25N3O2. The molecule has 3 amide bonds. The number of urea groups is 1. The number of benzene rings is 1. The molecular weight excluding hydrogens is 278 g/mol. The van der Waals surface area contributed by atoms with Gasteiger partial charge in [0.05, 0.1) is 0 Å². The Morgan fingerprint density at radius 2 is 1.86 bits per heavy atom. The van der Waals surface area contributed by atoms with E-state index in [0.29, 0.717) is 6.54 Å². The van der Waals surface area contributed by atoms with Crippen molar-refractivity contribution in [3.63, 3.8) is 0 Å². The number of carbonyl (C=O) groups is 2. The Labute approximate surface area is 132 Å². The zero-order valence-electron chi connectivity index (χ0n) is 13.6. The van der Waals surface area contributed by atoms with Gasteiger partial charge in [-0.05, 0) is 32.4 Å². The van der Waals surface area contributed by atoms with Crippen molar-refractivity contribution in [3.8, 4) is 0 Å². The number of amides is 3. The highest BCUT2D eigenvalue weighted by atomic mass is 16.2. The summed E-state index contributed by atoms with van der Waals surface area (Å²) in [6.45, 7) is 8.77. The molecule has 1 heterocycles. The highest BCUT2D eigenvalue weighted by Gasteiger charge is 2.43. The molecule has 0 aromatic heterocycles. The Bertz CT molecular complexity index is 528. The minimum Gasteiger partial charge on any atom is -0.324 e. The number of imide groups is 1. The Morgan fingerprint density at radius 3 is 2.41 bits per heavy atom. The van der Waals surface area contributed by atoms with E-state index >= 15 is 0 Å². The SMILES string of the molecule is CCN(CCCN1C(=O)NC(C)(C)C1=O)Cc1ccccc1. The average molecular weight is 303 g/mol. The van der Waals surface area contributed by atoms with Crippen molar-refractivity contribution in [3.05, 3.63) is 35.9 Å². The Balaban J connectivity index is 1.82. The molecule has 0 spiro atoms. The molecule has 2 rings (SSSR count). The van der Waals surface area contributed by atoms with Gasteiger partial charge >= 0.3 is 6.03 Å². The van der Waals surface area contributed by atoms with Crippen LogP contribution in [0.2, 0.25) is 0 Å². The minimum atomic E-state index is -0.772. The van der Waals surface area contributed by atoms with Gasteiger partial charge in [0.2, 0.25) is 0 Å². The zero-order chi connectivity index (χ0) is 16.2. The number of hydrogen-bond acceptors (Lipinski definition) is 3. The van der Waals surface area contributed by atoms with Crippen molar-refractivity contribution in [2.75, 3.05) is 19.6 Å². The largest absolute Gasteiger partial charge is 0.325 e. The van der Waals surface area contributed by atoms with E-state index in [-0.39, 0.29) is 11.9 Å². The van der Waals surface area contributed by atoms with E-state index in [1.54, 1.807) is 13.8 Å². The summed E-state index contributed by atoms with van der Waals surface area (Å²) in [5.74, 6) is -0.136. The van der Waals surface area contributed by atoms with Crippen LogP contribution in [0.15, 0.2) is 30.3 Å². The van der Waals surface area contributed by atoms with E-state index in [1.807, 2.05) is 18.2 Å². The molecule has 0 unspecified atom stereocenters. The number of hydrogen-bond donors (Lipinski definition) is 1. The van der Waals surface area contributed by atoms with Crippen LogP contribution in [0, 0.1) is 0 Å². The molecule has 1 aliphatic heterocycles. The molecule has 1 aromatic rings. The summed E-state index contributed by atoms with van der Waals surface area (Å²) < 4.78 is 0. The van der Waals surface area contributed by atoms with Gasteiger partial charge in [-0.3, -0.25) is 14.6 Å². The van der Waals surface area contributed by atoms with E-state index in [4.69, 9.17) is 0 Å². The second-order valence-electron chi connectivity index (χ2n) is 6.22. The van der Waals surface area contributed by atoms with Crippen LogP contribution in [-0.4, -0.2) is 46.9 Å². The number of carbonyl (C=O) groups excluding carboxylic acids is 2. The van der Waals surface area contributed by atoms with E-state index < -0.39 is 5.54 Å². The second kappa shape index (κ2) is 6.92. The van der Waals surface area contributed by atoms with Crippen molar-refractivity contribution in [1.29, 1.82) is 0 Å². The zero-order valence-corrected chi connectivity index (χ0v) is 13.6. The third-order valence-electron chi connectivity index (χ3n) is 4.00. The Hall–Kier alpha value is -1.88. The van der Waals surface area contributed by atoms with Gasteiger partial charge in [-0.2, -0.15) is 0 Å². The van der Waals surface area contributed by atoms with E-state index in [9.17, 15) is 9.59 Å². The first-order valence-corrected chi connectivity index (χ1v) is 7.84. The van der Waals surface area contributed by atoms with Gasteiger partial charge in [0.1, 0.15) is 5.54 Å². The lowest BCUT2D eigenvalue weighted by atomic mass is 10.1. The summed E-state index contributed by atoms with van der Waals surface area (Å²) in [6.07, 6.45) is 0.788. The van der Waals surface area contributed by atoms with Gasteiger partial charge in [0.25, 0.3) is 5.91 Å². The van der Waals surface area contributed by atoms with Crippen LogP contribution in [0.25, 0.3) is 0 Å².